The van der Waals surface area contributed by atoms with Crippen LogP contribution in [-0.4, -0.2) is 55.1 Å². The van der Waals surface area contributed by atoms with Crippen molar-refractivity contribution in [3.05, 3.63) is 0 Å². The molecule has 3 fully saturated rings. The lowest BCUT2D eigenvalue weighted by atomic mass is 9.68. The van der Waals surface area contributed by atoms with Crippen molar-refractivity contribution >= 4 is 0 Å². The van der Waals surface area contributed by atoms with Crippen LogP contribution in [0.2, 0.25) is 0 Å². The lowest BCUT2D eigenvalue weighted by Crippen LogP contribution is -2.49. The van der Waals surface area contributed by atoms with Crippen LogP contribution in [0.1, 0.15) is 38.5 Å². The third kappa shape index (κ3) is 2.38. The van der Waals surface area contributed by atoms with Gasteiger partial charge in [-0.2, -0.15) is 0 Å². The molecule has 0 bridgehead atoms. The Hall–Kier alpha value is -0.120. The molecule has 0 aromatic heterocycles. The minimum atomic E-state index is 0.494. The fraction of sp³-hybridized carbons (Fsp3) is 1.00. The molecule has 2 aliphatic heterocycles. The molecule has 3 aliphatic rings. The minimum absolute atomic E-state index is 0.494. The van der Waals surface area contributed by atoms with E-state index in [1.165, 1.54) is 71.2 Å². The summed E-state index contributed by atoms with van der Waals surface area (Å²) in [4.78, 5) is 5.44. The lowest BCUT2D eigenvalue weighted by Gasteiger charge is -2.44. The van der Waals surface area contributed by atoms with Crippen molar-refractivity contribution in [3.8, 4) is 0 Å². The van der Waals surface area contributed by atoms with Crippen LogP contribution in [0.15, 0.2) is 0 Å². The summed E-state index contributed by atoms with van der Waals surface area (Å²) in [5.74, 6) is 0. The van der Waals surface area contributed by atoms with E-state index in [4.69, 9.17) is 5.73 Å². The summed E-state index contributed by atoms with van der Waals surface area (Å²) in [6.07, 6.45) is 8.34. The highest BCUT2D eigenvalue weighted by Crippen LogP contribution is 2.41. The Morgan fingerprint density at radius 2 is 1.88 bits per heavy atom. The topological polar surface area (TPSA) is 32.5 Å². The first kappa shape index (κ1) is 11.9. The van der Waals surface area contributed by atoms with Crippen LogP contribution < -0.4 is 5.73 Å². The molecular formula is C14H27N3. The van der Waals surface area contributed by atoms with E-state index in [9.17, 15) is 0 Å². The molecule has 17 heavy (non-hydrogen) atoms. The fourth-order valence-corrected chi connectivity index (χ4v) is 4.00. The number of rotatable bonds is 3. The highest BCUT2D eigenvalue weighted by Gasteiger charge is 2.38. The largest absolute Gasteiger partial charge is 0.330 e. The SMILES string of the molecule is NCC1(CN2CCCN3CCCC3C2)CCC1. The first-order valence-electron chi connectivity index (χ1n) is 7.48. The van der Waals surface area contributed by atoms with E-state index in [-0.39, 0.29) is 0 Å². The third-order valence-corrected chi connectivity index (χ3v) is 5.29. The maximum absolute atomic E-state index is 5.99. The van der Waals surface area contributed by atoms with Gasteiger partial charge in [-0.25, -0.2) is 0 Å². The van der Waals surface area contributed by atoms with Gasteiger partial charge in [0.15, 0.2) is 0 Å². The molecule has 2 N–H and O–H groups in total. The second-order valence-electron chi connectivity index (χ2n) is 6.48. The van der Waals surface area contributed by atoms with E-state index in [2.05, 4.69) is 9.80 Å². The van der Waals surface area contributed by atoms with Gasteiger partial charge in [0, 0.05) is 19.1 Å². The van der Waals surface area contributed by atoms with Gasteiger partial charge < -0.3 is 10.6 Å². The Labute approximate surface area is 105 Å². The van der Waals surface area contributed by atoms with Gasteiger partial charge in [-0.15, -0.1) is 0 Å². The Balaban J connectivity index is 1.59. The maximum Gasteiger partial charge on any atom is 0.0223 e. The number of nitrogens with two attached hydrogens (primary N) is 1. The zero-order valence-electron chi connectivity index (χ0n) is 11.0. The first-order chi connectivity index (χ1) is 8.31. The summed E-state index contributed by atoms with van der Waals surface area (Å²) in [5.41, 5.74) is 6.49. The molecule has 1 aliphatic carbocycles. The van der Waals surface area contributed by atoms with E-state index in [0.29, 0.717) is 5.41 Å². The molecule has 3 nitrogen and oxygen atoms in total. The minimum Gasteiger partial charge on any atom is -0.330 e. The van der Waals surface area contributed by atoms with Crippen molar-refractivity contribution in [2.75, 3.05) is 39.3 Å². The Kier molecular flexibility index (Phi) is 3.42. The molecule has 0 amide bonds. The van der Waals surface area contributed by atoms with Gasteiger partial charge in [-0.05, 0) is 63.7 Å². The van der Waals surface area contributed by atoms with Crippen molar-refractivity contribution in [1.82, 2.24) is 9.80 Å². The van der Waals surface area contributed by atoms with Crippen molar-refractivity contribution in [1.29, 1.82) is 0 Å². The molecule has 0 aromatic carbocycles. The van der Waals surface area contributed by atoms with E-state index >= 15 is 0 Å². The van der Waals surface area contributed by atoms with Gasteiger partial charge in [0.25, 0.3) is 0 Å². The number of nitrogens with zero attached hydrogens (tertiary/aromatic N) is 2. The van der Waals surface area contributed by atoms with Crippen LogP contribution in [0.5, 0.6) is 0 Å². The van der Waals surface area contributed by atoms with Gasteiger partial charge in [0.05, 0.1) is 0 Å². The molecule has 3 rings (SSSR count). The Morgan fingerprint density at radius 3 is 2.59 bits per heavy atom. The van der Waals surface area contributed by atoms with Gasteiger partial charge in [-0.1, -0.05) is 6.42 Å². The average Bonchev–Trinajstić information content (AvgIpc) is 2.63. The van der Waals surface area contributed by atoms with Gasteiger partial charge >= 0.3 is 0 Å². The van der Waals surface area contributed by atoms with E-state index in [1.807, 2.05) is 0 Å². The lowest BCUT2D eigenvalue weighted by molar-refractivity contribution is 0.0709. The summed E-state index contributed by atoms with van der Waals surface area (Å²) >= 11 is 0. The van der Waals surface area contributed by atoms with Crippen LogP contribution >= 0.6 is 0 Å². The highest BCUT2D eigenvalue weighted by atomic mass is 15.3. The van der Waals surface area contributed by atoms with Crippen molar-refractivity contribution in [2.24, 2.45) is 11.1 Å². The summed E-state index contributed by atoms with van der Waals surface area (Å²) in [5, 5.41) is 0. The molecule has 1 unspecified atom stereocenters. The fourth-order valence-electron chi connectivity index (χ4n) is 4.00. The van der Waals surface area contributed by atoms with Gasteiger partial charge in [0.2, 0.25) is 0 Å². The summed E-state index contributed by atoms with van der Waals surface area (Å²) in [6.45, 7) is 7.46. The molecule has 98 valence electrons. The molecule has 3 heteroatoms. The Morgan fingerprint density at radius 1 is 1.06 bits per heavy atom. The monoisotopic (exact) mass is 237 g/mol. The van der Waals surface area contributed by atoms with Crippen LogP contribution in [-0.2, 0) is 0 Å². The van der Waals surface area contributed by atoms with E-state index in [1.54, 1.807) is 0 Å². The number of fused-ring (bicyclic) bond motifs is 1. The number of hydrogen-bond donors (Lipinski definition) is 1. The normalized spacial score (nSPS) is 34.1. The summed E-state index contributed by atoms with van der Waals surface area (Å²) in [7, 11) is 0. The first-order valence-corrected chi connectivity index (χ1v) is 7.48. The zero-order chi connectivity index (χ0) is 11.7. The standard InChI is InChI=1S/C14H27N3/c15-11-14(5-2-6-14)12-16-7-3-9-17-8-1-4-13(17)10-16/h13H,1-12,15H2. The molecule has 0 radical (unpaired) electrons. The predicted octanol–water partition coefficient (Wildman–Crippen LogP) is 1.29. The van der Waals surface area contributed by atoms with Crippen LogP contribution in [0.25, 0.3) is 0 Å². The van der Waals surface area contributed by atoms with Crippen molar-refractivity contribution in [3.63, 3.8) is 0 Å². The van der Waals surface area contributed by atoms with E-state index < -0.39 is 0 Å². The highest BCUT2D eigenvalue weighted by molar-refractivity contribution is 4.93. The summed E-state index contributed by atoms with van der Waals surface area (Å²) in [6, 6.07) is 0.854. The van der Waals surface area contributed by atoms with Crippen molar-refractivity contribution in [2.45, 2.75) is 44.6 Å². The average molecular weight is 237 g/mol. The Bertz CT molecular complexity index is 257. The smallest absolute Gasteiger partial charge is 0.0223 e. The molecule has 2 heterocycles. The quantitative estimate of drug-likeness (QED) is 0.803. The van der Waals surface area contributed by atoms with Crippen molar-refractivity contribution < 1.29 is 0 Å². The van der Waals surface area contributed by atoms with Gasteiger partial charge in [-0.3, -0.25) is 4.90 Å². The second-order valence-corrected chi connectivity index (χ2v) is 6.48. The number of hydrogen-bond acceptors (Lipinski definition) is 3. The molecule has 1 atom stereocenters. The maximum atomic E-state index is 5.99. The second kappa shape index (κ2) is 4.87. The zero-order valence-corrected chi connectivity index (χ0v) is 11.0. The summed E-state index contributed by atoms with van der Waals surface area (Å²) < 4.78 is 0. The van der Waals surface area contributed by atoms with Crippen LogP contribution in [0.4, 0.5) is 0 Å². The molecule has 2 saturated heterocycles. The third-order valence-electron chi connectivity index (χ3n) is 5.29. The van der Waals surface area contributed by atoms with Crippen LogP contribution in [0.3, 0.4) is 0 Å². The van der Waals surface area contributed by atoms with Crippen LogP contribution in [0, 0.1) is 5.41 Å². The molecule has 0 spiro atoms. The van der Waals surface area contributed by atoms with E-state index in [0.717, 1.165) is 12.6 Å². The predicted molar refractivity (Wildman–Crippen MR) is 71.0 cm³/mol. The molecule has 1 saturated carbocycles. The van der Waals surface area contributed by atoms with Gasteiger partial charge in [0.1, 0.15) is 0 Å². The molecule has 0 aromatic rings. The molecular weight excluding hydrogens is 210 g/mol.